The second-order valence-corrected chi connectivity index (χ2v) is 6.59. The number of aromatic nitrogens is 3. The summed E-state index contributed by atoms with van der Waals surface area (Å²) in [6.07, 6.45) is 8.58. The minimum absolute atomic E-state index is 0.215. The van der Waals surface area contributed by atoms with Gasteiger partial charge in [0.2, 0.25) is 5.91 Å². The van der Waals surface area contributed by atoms with E-state index in [2.05, 4.69) is 10.3 Å². The molecular weight excluding hydrogens is 360 g/mol. The van der Waals surface area contributed by atoms with E-state index in [1.54, 1.807) is 18.5 Å². The molecule has 2 aromatic carbocycles. The molecule has 0 spiro atoms. The van der Waals surface area contributed by atoms with Gasteiger partial charge in [0, 0.05) is 29.6 Å². The fourth-order valence-corrected chi connectivity index (χ4v) is 2.98. The zero-order chi connectivity index (χ0) is 20.1. The Labute approximate surface area is 169 Å². The average Bonchev–Trinajstić information content (AvgIpc) is 3.20. The fraction of sp³-hybridized carbons (Fsp3) is 0.0417. The van der Waals surface area contributed by atoms with Gasteiger partial charge in [0.1, 0.15) is 0 Å². The van der Waals surface area contributed by atoms with Crippen LogP contribution in [0.5, 0.6) is 0 Å². The molecule has 2 aromatic heterocycles. The van der Waals surface area contributed by atoms with E-state index in [9.17, 15) is 4.79 Å². The first-order valence-corrected chi connectivity index (χ1v) is 9.31. The molecule has 5 nitrogen and oxygen atoms in total. The van der Waals surface area contributed by atoms with E-state index in [4.69, 9.17) is 5.10 Å². The molecule has 0 aliphatic heterocycles. The van der Waals surface area contributed by atoms with E-state index in [1.165, 1.54) is 6.08 Å². The normalized spacial score (nSPS) is 10.9. The summed E-state index contributed by atoms with van der Waals surface area (Å²) < 4.78 is 1.82. The predicted octanol–water partition coefficient (Wildman–Crippen LogP) is 4.89. The van der Waals surface area contributed by atoms with Gasteiger partial charge in [-0.05, 0) is 36.8 Å². The Morgan fingerprint density at radius 1 is 1.00 bits per heavy atom. The second-order valence-electron chi connectivity index (χ2n) is 6.59. The van der Waals surface area contributed by atoms with Crippen molar-refractivity contribution in [3.8, 4) is 16.9 Å². The highest BCUT2D eigenvalue weighted by molar-refractivity contribution is 6.02. The zero-order valence-corrected chi connectivity index (χ0v) is 16.0. The van der Waals surface area contributed by atoms with Crippen molar-refractivity contribution < 1.29 is 4.79 Å². The molecule has 0 atom stereocenters. The van der Waals surface area contributed by atoms with Gasteiger partial charge in [0.25, 0.3) is 0 Å². The number of benzene rings is 2. The Balaban J connectivity index is 1.65. The lowest BCUT2D eigenvalue weighted by molar-refractivity contribution is -0.111. The van der Waals surface area contributed by atoms with E-state index in [1.807, 2.05) is 84.5 Å². The zero-order valence-electron chi connectivity index (χ0n) is 16.0. The van der Waals surface area contributed by atoms with Crippen LogP contribution in [-0.2, 0) is 4.79 Å². The van der Waals surface area contributed by atoms with Crippen LogP contribution >= 0.6 is 0 Å². The van der Waals surface area contributed by atoms with Gasteiger partial charge in [0.05, 0.1) is 23.3 Å². The minimum atomic E-state index is -0.215. The van der Waals surface area contributed by atoms with Gasteiger partial charge in [-0.1, -0.05) is 48.5 Å². The molecule has 0 bridgehead atoms. The van der Waals surface area contributed by atoms with Crippen molar-refractivity contribution in [2.75, 3.05) is 5.32 Å². The Morgan fingerprint density at radius 2 is 1.72 bits per heavy atom. The van der Waals surface area contributed by atoms with Crippen LogP contribution in [0.25, 0.3) is 23.0 Å². The Hall–Kier alpha value is -3.99. The highest BCUT2D eigenvalue weighted by Crippen LogP contribution is 2.24. The van der Waals surface area contributed by atoms with E-state index in [0.717, 1.165) is 28.1 Å². The van der Waals surface area contributed by atoms with E-state index < -0.39 is 0 Å². The second kappa shape index (κ2) is 8.35. The lowest BCUT2D eigenvalue weighted by atomic mass is 10.1. The van der Waals surface area contributed by atoms with Crippen LogP contribution in [0.3, 0.4) is 0 Å². The molecule has 0 aliphatic carbocycles. The Kier molecular flexibility index (Phi) is 5.29. The van der Waals surface area contributed by atoms with Gasteiger partial charge in [-0.15, -0.1) is 0 Å². The molecular formula is C24H20N4O. The van der Waals surface area contributed by atoms with Crippen molar-refractivity contribution in [2.45, 2.75) is 6.92 Å². The van der Waals surface area contributed by atoms with E-state index in [0.29, 0.717) is 5.69 Å². The van der Waals surface area contributed by atoms with E-state index in [-0.39, 0.29) is 5.91 Å². The van der Waals surface area contributed by atoms with E-state index >= 15 is 0 Å². The number of carbonyl (C=O) groups is 1. The quantitative estimate of drug-likeness (QED) is 0.501. The third-order valence-corrected chi connectivity index (χ3v) is 4.52. The number of pyridine rings is 1. The number of nitrogens with one attached hydrogen (secondary N) is 1. The standard InChI is InChI=1S/C24H20N4O/c1-18-14-15-25-16-22(18)26-23(29)13-12-20-17-28(21-10-6-3-7-11-21)27-24(20)19-8-4-2-5-9-19/h2-17H,1H3,(H,26,29)/b13-12+. The number of anilines is 1. The molecule has 4 aromatic rings. The number of para-hydroxylation sites is 1. The first kappa shape index (κ1) is 18.4. The smallest absolute Gasteiger partial charge is 0.248 e. The number of hydrogen-bond acceptors (Lipinski definition) is 3. The van der Waals surface area contributed by atoms with Crippen LogP contribution in [0.15, 0.2) is 91.4 Å². The van der Waals surface area contributed by atoms with Gasteiger partial charge >= 0.3 is 0 Å². The number of nitrogens with zero attached hydrogens (tertiary/aromatic N) is 3. The monoisotopic (exact) mass is 380 g/mol. The topological polar surface area (TPSA) is 59.8 Å². The summed E-state index contributed by atoms with van der Waals surface area (Å²) in [4.78, 5) is 16.5. The SMILES string of the molecule is Cc1ccncc1NC(=O)/C=C/c1cn(-c2ccccc2)nc1-c1ccccc1. The number of aryl methyl sites for hydroxylation is 1. The molecule has 1 amide bonds. The molecule has 1 N–H and O–H groups in total. The number of carbonyl (C=O) groups excluding carboxylic acids is 1. The molecule has 5 heteroatoms. The summed E-state index contributed by atoms with van der Waals surface area (Å²) >= 11 is 0. The lowest BCUT2D eigenvalue weighted by Gasteiger charge is -2.04. The van der Waals surface area contributed by atoms with Crippen LogP contribution in [-0.4, -0.2) is 20.7 Å². The maximum absolute atomic E-state index is 12.4. The number of hydrogen-bond donors (Lipinski definition) is 1. The molecule has 0 saturated heterocycles. The van der Waals surface area contributed by atoms with Crippen molar-refractivity contribution in [1.82, 2.24) is 14.8 Å². The average molecular weight is 380 g/mol. The number of rotatable bonds is 5. The van der Waals surface area contributed by atoms with Gasteiger partial charge in [-0.25, -0.2) is 4.68 Å². The molecule has 0 fully saturated rings. The molecule has 29 heavy (non-hydrogen) atoms. The first-order chi connectivity index (χ1) is 14.2. The molecule has 4 rings (SSSR count). The van der Waals surface area contributed by atoms with Gasteiger partial charge in [0.15, 0.2) is 0 Å². The summed E-state index contributed by atoms with van der Waals surface area (Å²) in [6, 6.07) is 21.7. The summed E-state index contributed by atoms with van der Waals surface area (Å²) in [5, 5.41) is 7.61. The van der Waals surface area contributed by atoms with Gasteiger partial charge < -0.3 is 5.32 Å². The van der Waals surface area contributed by atoms with Crippen molar-refractivity contribution >= 4 is 17.7 Å². The molecule has 0 radical (unpaired) electrons. The Morgan fingerprint density at radius 3 is 2.45 bits per heavy atom. The third-order valence-electron chi connectivity index (χ3n) is 4.52. The summed E-state index contributed by atoms with van der Waals surface area (Å²) in [6.45, 7) is 1.93. The summed E-state index contributed by atoms with van der Waals surface area (Å²) in [5.41, 5.74) is 5.29. The first-order valence-electron chi connectivity index (χ1n) is 9.31. The van der Waals surface area contributed by atoms with Crippen LogP contribution < -0.4 is 5.32 Å². The molecule has 142 valence electrons. The summed E-state index contributed by atoms with van der Waals surface area (Å²) in [7, 11) is 0. The molecule has 2 heterocycles. The predicted molar refractivity (Wildman–Crippen MR) is 116 cm³/mol. The van der Waals surface area contributed by atoms with Crippen LogP contribution in [0.2, 0.25) is 0 Å². The molecule has 0 saturated carbocycles. The molecule has 0 unspecified atom stereocenters. The fourth-order valence-electron chi connectivity index (χ4n) is 2.98. The summed E-state index contributed by atoms with van der Waals surface area (Å²) in [5.74, 6) is -0.215. The molecule has 0 aliphatic rings. The minimum Gasteiger partial charge on any atom is -0.321 e. The highest BCUT2D eigenvalue weighted by atomic mass is 16.1. The lowest BCUT2D eigenvalue weighted by Crippen LogP contribution is -2.09. The van der Waals surface area contributed by atoms with Crippen molar-refractivity contribution in [3.05, 3.63) is 103 Å². The van der Waals surface area contributed by atoms with Crippen molar-refractivity contribution in [2.24, 2.45) is 0 Å². The number of amides is 1. The largest absolute Gasteiger partial charge is 0.321 e. The Bertz CT molecular complexity index is 1150. The maximum Gasteiger partial charge on any atom is 0.248 e. The van der Waals surface area contributed by atoms with Crippen LogP contribution in [0, 0.1) is 6.92 Å². The van der Waals surface area contributed by atoms with Crippen molar-refractivity contribution in [3.63, 3.8) is 0 Å². The highest BCUT2D eigenvalue weighted by Gasteiger charge is 2.11. The van der Waals surface area contributed by atoms with Gasteiger partial charge in [-0.2, -0.15) is 5.10 Å². The van der Waals surface area contributed by atoms with Gasteiger partial charge in [-0.3, -0.25) is 9.78 Å². The van der Waals surface area contributed by atoms with Crippen LogP contribution in [0.4, 0.5) is 5.69 Å². The maximum atomic E-state index is 12.4. The van der Waals surface area contributed by atoms with Crippen LogP contribution in [0.1, 0.15) is 11.1 Å². The third kappa shape index (κ3) is 4.30. The van der Waals surface area contributed by atoms with Crippen molar-refractivity contribution in [1.29, 1.82) is 0 Å².